The number of hydrogen-bond acceptors (Lipinski definition) is 5. The molecule has 1 fully saturated rings. The fourth-order valence-corrected chi connectivity index (χ4v) is 6.42. The lowest BCUT2D eigenvalue weighted by atomic mass is 10.1. The van der Waals surface area contributed by atoms with Gasteiger partial charge in [0.15, 0.2) is 5.65 Å². The first-order valence-electron chi connectivity index (χ1n) is 10.6. The monoisotopic (exact) mass is 579 g/mol. The highest BCUT2D eigenvalue weighted by Gasteiger charge is 2.30. The Morgan fingerprint density at radius 1 is 1.03 bits per heavy atom. The van der Waals surface area contributed by atoms with E-state index in [2.05, 4.69) is 26.3 Å². The molecule has 7 nitrogen and oxygen atoms in total. The number of fused-ring (bicyclic) bond motifs is 1. The highest BCUT2D eigenvalue weighted by molar-refractivity contribution is 9.10. The van der Waals surface area contributed by atoms with Crippen molar-refractivity contribution in [3.8, 4) is 11.3 Å². The molecular formula is C23H20BrCl2N5O2S. The summed E-state index contributed by atoms with van der Waals surface area (Å²) in [6, 6.07) is 15.9. The van der Waals surface area contributed by atoms with Gasteiger partial charge in [-0.2, -0.15) is 13.9 Å². The van der Waals surface area contributed by atoms with Gasteiger partial charge in [-0.25, -0.2) is 13.4 Å². The van der Waals surface area contributed by atoms with Gasteiger partial charge in [0.05, 0.1) is 21.3 Å². The first-order chi connectivity index (χ1) is 16.3. The molecule has 2 aromatic carbocycles. The molecule has 0 amide bonds. The Morgan fingerprint density at radius 2 is 1.79 bits per heavy atom. The summed E-state index contributed by atoms with van der Waals surface area (Å²) < 4.78 is 30.1. The topological polar surface area (TPSA) is 79.6 Å². The summed E-state index contributed by atoms with van der Waals surface area (Å²) >= 11 is 15.9. The van der Waals surface area contributed by atoms with Crippen molar-refractivity contribution in [3.63, 3.8) is 0 Å². The van der Waals surface area contributed by atoms with Crippen molar-refractivity contribution < 1.29 is 8.42 Å². The average Bonchev–Trinajstić information content (AvgIpc) is 3.21. The van der Waals surface area contributed by atoms with E-state index in [1.165, 1.54) is 10.4 Å². The third-order valence-corrected chi connectivity index (χ3v) is 8.84. The second kappa shape index (κ2) is 9.47. The minimum absolute atomic E-state index is 0.0680. The summed E-state index contributed by atoms with van der Waals surface area (Å²) in [5.74, 6) is 0.766. The molecule has 1 aliphatic rings. The molecule has 1 aliphatic heterocycles. The molecule has 0 unspecified atom stereocenters. The minimum Gasteiger partial charge on any atom is -0.367 e. The van der Waals surface area contributed by atoms with Crippen molar-refractivity contribution in [1.29, 1.82) is 0 Å². The van der Waals surface area contributed by atoms with Crippen molar-refractivity contribution in [2.75, 3.05) is 18.4 Å². The molecule has 4 aromatic rings. The summed E-state index contributed by atoms with van der Waals surface area (Å²) in [5.41, 5.74) is 2.22. The van der Waals surface area contributed by atoms with Crippen LogP contribution in [0.25, 0.3) is 16.9 Å². The molecule has 0 bridgehead atoms. The highest BCUT2D eigenvalue weighted by Crippen LogP contribution is 2.31. The van der Waals surface area contributed by atoms with E-state index in [1.807, 2.05) is 30.3 Å². The highest BCUT2D eigenvalue weighted by atomic mass is 79.9. The summed E-state index contributed by atoms with van der Waals surface area (Å²) in [7, 11) is -3.59. The number of anilines is 1. The Bertz CT molecular complexity index is 1470. The zero-order valence-corrected chi connectivity index (χ0v) is 21.7. The van der Waals surface area contributed by atoms with Gasteiger partial charge in [0.2, 0.25) is 10.0 Å². The van der Waals surface area contributed by atoms with Gasteiger partial charge in [-0.05, 0) is 53.0 Å². The lowest BCUT2D eigenvalue weighted by Gasteiger charge is -2.32. The molecular weight excluding hydrogens is 561 g/mol. The van der Waals surface area contributed by atoms with E-state index in [4.69, 9.17) is 28.2 Å². The standard InChI is InChI=1S/C23H20BrCl2N5O2S/c24-19-14-27-31-22(13-21(29-23(19)31)18-6-1-2-7-20(18)26)28-16-8-10-30(11-9-16)34(32,33)17-5-3-4-15(25)12-17/h1-7,12-14,16,28H,8-11H2. The fourth-order valence-electron chi connectivity index (χ4n) is 4.07. The maximum Gasteiger partial charge on any atom is 0.243 e. The molecule has 0 radical (unpaired) electrons. The number of sulfonamides is 1. The maximum atomic E-state index is 13.0. The quantitative estimate of drug-likeness (QED) is 0.326. The van der Waals surface area contributed by atoms with Gasteiger partial charge in [0, 0.05) is 40.8 Å². The van der Waals surface area contributed by atoms with E-state index in [-0.39, 0.29) is 10.9 Å². The first-order valence-corrected chi connectivity index (χ1v) is 13.6. The smallest absolute Gasteiger partial charge is 0.243 e. The van der Waals surface area contributed by atoms with E-state index < -0.39 is 10.0 Å². The minimum atomic E-state index is -3.59. The molecule has 0 saturated carbocycles. The summed E-state index contributed by atoms with van der Waals surface area (Å²) in [6.45, 7) is 0.807. The lowest BCUT2D eigenvalue weighted by molar-refractivity contribution is 0.329. The average molecular weight is 581 g/mol. The van der Waals surface area contributed by atoms with Crippen LogP contribution in [0.1, 0.15) is 12.8 Å². The van der Waals surface area contributed by atoms with Gasteiger partial charge in [-0.15, -0.1) is 0 Å². The maximum absolute atomic E-state index is 13.0. The SMILES string of the molecule is O=S(=O)(c1cccc(Cl)c1)N1CCC(Nc2cc(-c3ccccc3Cl)nc3c(Br)cnn23)CC1. The molecule has 34 heavy (non-hydrogen) atoms. The number of rotatable bonds is 5. The molecule has 3 heterocycles. The van der Waals surface area contributed by atoms with Crippen molar-refractivity contribution in [3.05, 3.63) is 75.3 Å². The van der Waals surface area contributed by atoms with Crippen molar-refractivity contribution in [2.45, 2.75) is 23.8 Å². The van der Waals surface area contributed by atoms with Crippen LogP contribution in [0, 0.1) is 0 Å². The number of hydrogen-bond donors (Lipinski definition) is 1. The van der Waals surface area contributed by atoms with Crippen LogP contribution in [0.15, 0.2) is 70.2 Å². The Labute approximate surface area is 215 Å². The van der Waals surface area contributed by atoms with Gasteiger partial charge >= 0.3 is 0 Å². The number of nitrogens with zero attached hydrogens (tertiary/aromatic N) is 4. The third kappa shape index (κ3) is 4.55. The lowest BCUT2D eigenvalue weighted by Crippen LogP contribution is -2.42. The van der Waals surface area contributed by atoms with Gasteiger partial charge < -0.3 is 5.32 Å². The second-order valence-corrected chi connectivity index (χ2v) is 11.7. The van der Waals surface area contributed by atoms with Crippen LogP contribution < -0.4 is 5.32 Å². The molecule has 176 valence electrons. The normalized spacial score (nSPS) is 15.6. The van der Waals surface area contributed by atoms with Crippen molar-refractivity contribution >= 4 is 60.6 Å². The number of piperidine rings is 1. The fraction of sp³-hybridized carbons (Fsp3) is 0.217. The van der Waals surface area contributed by atoms with Crippen LogP contribution in [0.4, 0.5) is 5.82 Å². The van der Waals surface area contributed by atoms with E-state index in [9.17, 15) is 8.42 Å². The Balaban J connectivity index is 1.38. The summed E-state index contributed by atoms with van der Waals surface area (Å²) in [4.78, 5) is 4.95. The molecule has 0 spiro atoms. The Morgan fingerprint density at radius 3 is 2.53 bits per heavy atom. The zero-order valence-electron chi connectivity index (χ0n) is 17.8. The molecule has 2 aromatic heterocycles. The van der Waals surface area contributed by atoms with Crippen molar-refractivity contribution in [1.82, 2.24) is 18.9 Å². The van der Waals surface area contributed by atoms with Gasteiger partial charge in [-0.1, -0.05) is 47.5 Å². The summed E-state index contributed by atoms with van der Waals surface area (Å²) in [6.07, 6.45) is 2.99. The predicted octanol–water partition coefficient (Wildman–Crippen LogP) is 5.73. The second-order valence-electron chi connectivity index (χ2n) is 8.01. The van der Waals surface area contributed by atoms with Crippen LogP contribution in [-0.4, -0.2) is 46.5 Å². The molecule has 11 heteroatoms. The molecule has 1 N–H and O–H groups in total. The molecule has 0 atom stereocenters. The van der Waals surface area contributed by atoms with Gasteiger partial charge in [0.25, 0.3) is 0 Å². The zero-order chi connectivity index (χ0) is 23.9. The first kappa shape index (κ1) is 23.6. The molecule has 5 rings (SSSR count). The number of aromatic nitrogens is 3. The molecule has 0 aliphatic carbocycles. The predicted molar refractivity (Wildman–Crippen MR) is 138 cm³/mol. The third-order valence-electron chi connectivity index (χ3n) is 5.82. The van der Waals surface area contributed by atoms with Crippen molar-refractivity contribution in [2.24, 2.45) is 0 Å². The Kier molecular flexibility index (Phi) is 6.56. The van der Waals surface area contributed by atoms with Gasteiger partial charge in [0.1, 0.15) is 5.82 Å². The largest absolute Gasteiger partial charge is 0.367 e. The molecule has 1 saturated heterocycles. The number of nitrogens with one attached hydrogen (secondary N) is 1. The van der Waals surface area contributed by atoms with Crippen LogP contribution >= 0.6 is 39.1 Å². The van der Waals surface area contributed by atoms with Crippen LogP contribution in [-0.2, 0) is 10.0 Å². The van der Waals surface area contributed by atoms with Gasteiger partial charge in [-0.3, -0.25) is 0 Å². The summed E-state index contributed by atoms with van der Waals surface area (Å²) in [5, 5.41) is 8.99. The van der Waals surface area contributed by atoms with Crippen LogP contribution in [0.2, 0.25) is 10.0 Å². The number of halogens is 3. The van der Waals surface area contributed by atoms with E-state index in [0.717, 1.165) is 21.5 Å². The number of benzene rings is 2. The Hall–Kier alpha value is -2.17. The van der Waals surface area contributed by atoms with E-state index >= 15 is 0 Å². The van der Waals surface area contributed by atoms with Crippen LogP contribution in [0.5, 0.6) is 0 Å². The van der Waals surface area contributed by atoms with E-state index in [0.29, 0.717) is 41.6 Å². The van der Waals surface area contributed by atoms with E-state index in [1.54, 1.807) is 28.9 Å². The van der Waals surface area contributed by atoms with Crippen LogP contribution in [0.3, 0.4) is 0 Å².